The zero-order chi connectivity index (χ0) is 21.2. The Bertz CT molecular complexity index is 1290. The molecule has 0 bridgehead atoms. The van der Waals surface area contributed by atoms with Crippen LogP contribution < -0.4 is 10.4 Å². The maximum atomic E-state index is 8.59. The molecule has 1 saturated heterocycles. The van der Waals surface area contributed by atoms with Crippen LogP contribution in [0.4, 0.5) is 5.69 Å². The summed E-state index contributed by atoms with van der Waals surface area (Å²) >= 11 is 1.31. The van der Waals surface area contributed by atoms with Crippen molar-refractivity contribution in [3.05, 3.63) is 66.7 Å². The summed E-state index contributed by atoms with van der Waals surface area (Å²) in [6.45, 7) is 3.19. The molecule has 0 spiro atoms. The second-order valence-electron chi connectivity index (χ2n) is 7.21. The van der Waals surface area contributed by atoms with Gasteiger partial charge >= 0.3 is 0 Å². The minimum atomic E-state index is 0.252. The average molecular weight is 432 g/mol. The minimum absolute atomic E-state index is 0.252. The van der Waals surface area contributed by atoms with Crippen LogP contribution in [-0.2, 0) is 4.74 Å². The number of nitrogens with zero attached hydrogens (tertiary/aromatic N) is 4. The van der Waals surface area contributed by atoms with Crippen LogP contribution >= 0.6 is 11.8 Å². The lowest BCUT2D eigenvalue weighted by Crippen LogP contribution is -2.36. The van der Waals surface area contributed by atoms with Crippen LogP contribution in [0.25, 0.3) is 22.0 Å². The van der Waals surface area contributed by atoms with E-state index in [0.29, 0.717) is 0 Å². The summed E-state index contributed by atoms with van der Waals surface area (Å²) in [6, 6.07) is 11.7. The third kappa shape index (κ3) is 4.10. The van der Waals surface area contributed by atoms with Crippen LogP contribution in [0.15, 0.2) is 66.1 Å². The van der Waals surface area contributed by atoms with E-state index in [-0.39, 0.29) is 10.7 Å². The molecule has 0 radical (unpaired) electrons. The van der Waals surface area contributed by atoms with Crippen LogP contribution in [0, 0.1) is 10.8 Å². The van der Waals surface area contributed by atoms with Gasteiger partial charge in [-0.15, -0.1) is 0 Å². The van der Waals surface area contributed by atoms with Crippen LogP contribution in [0.3, 0.4) is 0 Å². The lowest BCUT2D eigenvalue weighted by Gasteiger charge is -2.28. The van der Waals surface area contributed by atoms with E-state index in [2.05, 4.69) is 32.2 Å². The van der Waals surface area contributed by atoms with Crippen molar-refractivity contribution in [2.45, 2.75) is 4.90 Å². The highest BCUT2D eigenvalue weighted by atomic mass is 32.2. The molecule has 0 unspecified atom stereocenters. The van der Waals surface area contributed by atoms with Crippen molar-refractivity contribution < 1.29 is 4.74 Å². The van der Waals surface area contributed by atoms with E-state index in [1.165, 1.54) is 11.8 Å². The lowest BCUT2D eigenvalue weighted by atomic mass is 10.2. The standard InChI is InChI=1S/C22H21N7OS/c23-21-4-1-15(17-11-26-27-12-17)14-29(21)22(24)31-19-2-3-20-16(10-19)9-18(13-25-20)28-5-7-30-8-6-28/h1-4,9-14,23-24H,5-8H2,(H,26,27). The Morgan fingerprint density at radius 2 is 1.94 bits per heavy atom. The van der Waals surface area contributed by atoms with Gasteiger partial charge in [-0.3, -0.25) is 25.5 Å². The summed E-state index contributed by atoms with van der Waals surface area (Å²) < 4.78 is 7.01. The Labute approximate surface area is 182 Å². The fraction of sp³-hybridized carbons (Fsp3) is 0.182. The number of thioether (sulfide) groups is 1. The zero-order valence-electron chi connectivity index (χ0n) is 16.7. The molecule has 1 fully saturated rings. The maximum absolute atomic E-state index is 8.59. The highest BCUT2D eigenvalue weighted by Gasteiger charge is 2.13. The third-order valence-corrected chi connectivity index (χ3v) is 6.11. The van der Waals surface area contributed by atoms with Crippen LogP contribution in [-0.4, -0.2) is 51.2 Å². The fourth-order valence-corrected chi connectivity index (χ4v) is 4.36. The molecule has 0 saturated carbocycles. The molecular weight excluding hydrogens is 410 g/mol. The zero-order valence-corrected chi connectivity index (χ0v) is 17.5. The molecule has 1 aromatic carbocycles. The van der Waals surface area contributed by atoms with Crippen molar-refractivity contribution >= 4 is 33.5 Å². The van der Waals surface area contributed by atoms with Crippen LogP contribution in [0.5, 0.6) is 0 Å². The molecule has 3 N–H and O–H groups in total. The van der Waals surface area contributed by atoms with Crippen LogP contribution in [0.2, 0.25) is 0 Å². The second kappa shape index (κ2) is 8.37. The number of anilines is 1. The molecule has 156 valence electrons. The van der Waals surface area contributed by atoms with Gasteiger partial charge in [0.1, 0.15) is 5.49 Å². The van der Waals surface area contributed by atoms with Crippen molar-refractivity contribution in [2.24, 2.45) is 0 Å². The Morgan fingerprint density at radius 1 is 1.06 bits per heavy atom. The van der Waals surface area contributed by atoms with Gasteiger partial charge in [-0.05, 0) is 36.4 Å². The predicted molar refractivity (Wildman–Crippen MR) is 122 cm³/mol. The van der Waals surface area contributed by atoms with Gasteiger partial charge in [0.05, 0.1) is 36.8 Å². The molecule has 0 amide bonds. The molecule has 0 aliphatic carbocycles. The Kier molecular flexibility index (Phi) is 5.27. The molecule has 4 heterocycles. The van der Waals surface area contributed by atoms with Crippen molar-refractivity contribution in [3.63, 3.8) is 0 Å². The molecule has 8 nitrogen and oxygen atoms in total. The van der Waals surface area contributed by atoms with Gasteiger partial charge < -0.3 is 9.64 Å². The van der Waals surface area contributed by atoms with Gasteiger partial charge in [-0.1, -0.05) is 11.8 Å². The SMILES string of the molecule is N=C(Sc1ccc2ncc(N3CCOCC3)cc2c1)n1cc(-c2cn[nH]c2)ccc1=N. The third-order valence-electron chi connectivity index (χ3n) is 5.23. The molecular formula is C22H21N7OS. The first kappa shape index (κ1) is 19.5. The number of hydrogen-bond donors (Lipinski definition) is 3. The van der Waals surface area contributed by atoms with Crippen molar-refractivity contribution in [2.75, 3.05) is 31.2 Å². The van der Waals surface area contributed by atoms with Gasteiger partial charge in [0.2, 0.25) is 0 Å². The molecule has 3 aromatic heterocycles. The van der Waals surface area contributed by atoms with E-state index in [1.807, 2.05) is 24.4 Å². The number of aromatic nitrogens is 4. The number of benzene rings is 1. The molecule has 5 rings (SSSR count). The summed E-state index contributed by atoms with van der Waals surface area (Å²) in [5.41, 5.74) is 4.07. The Morgan fingerprint density at radius 3 is 2.74 bits per heavy atom. The number of morpholine rings is 1. The molecule has 4 aromatic rings. The fourth-order valence-electron chi connectivity index (χ4n) is 3.57. The molecule has 9 heteroatoms. The number of aromatic amines is 1. The first-order chi connectivity index (χ1) is 15.2. The van der Waals surface area contributed by atoms with E-state index in [4.69, 9.17) is 15.6 Å². The van der Waals surface area contributed by atoms with Gasteiger partial charge in [-0.25, -0.2) is 0 Å². The first-order valence-corrected chi connectivity index (χ1v) is 10.7. The largest absolute Gasteiger partial charge is 0.378 e. The Balaban J connectivity index is 1.41. The quantitative estimate of drug-likeness (QED) is 0.262. The van der Waals surface area contributed by atoms with E-state index in [9.17, 15) is 0 Å². The first-order valence-electron chi connectivity index (χ1n) is 9.93. The highest BCUT2D eigenvalue weighted by Crippen LogP contribution is 2.27. The summed E-state index contributed by atoms with van der Waals surface area (Å²) in [6.07, 6.45) is 7.22. The van der Waals surface area contributed by atoms with Crippen molar-refractivity contribution in [3.8, 4) is 11.1 Å². The number of hydrogen-bond acceptors (Lipinski definition) is 7. The molecule has 1 aliphatic heterocycles. The predicted octanol–water partition coefficient (Wildman–Crippen LogP) is 3.32. The Hall–Kier alpha value is -3.43. The van der Waals surface area contributed by atoms with Crippen molar-refractivity contribution in [1.82, 2.24) is 19.7 Å². The molecule has 31 heavy (non-hydrogen) atoms. The average Bonchev–Trinajstić information content (AvgIpc) is 3.34. The van der Waals surface area contributed by atoms with Gasteiger partial charge in [0, 0.05) is 46.9 Å². The van der Waals surface area contributed by atoms with Crippen molar-refractivity contribution in [1.29, 1.82) is 10.8 Å². The monoisotopic (exact) mass is 431 g/mol. The van der Waals surface area contributed by atoms with Gasteiger partial charge in [-0.2, -0.15) is 5.10 Å². The number of rotatable bonds is 3. The van der Waals surface area contributed by atoms with E-state index < -0.39 is 0 Å². The summed E-state index contributed by atoms with van der Waals surface area (Å²) in [4.78, 5) is 7.81. The number of pyridine rings is 2. The van der Waals surface area contributed by atoms with Gasteiger partial charge in [0.15, 0.2) is 5.17 Å². The lowest BCUT2D eigenvalue weighted by molar-refractivity contribution is 0.122. The number of fused-ring (bicyclic) bond motifs is 1. The normalized spacial score (nSPS) is 14.1. The summed E-state index contributed by atoms with van der Waals surface area (Å²) in [7, 11) is 0. The van der Waals surface area contributed by atoms with Gasteiger partial charge in [0.25, 0.3) is 0 Å². The molecule has 1 aliphatic rings. The number of H-pyrrole nitrogens is 1. The summed E-state index contributed by atoms with van der Waals surface area (Å²) in [5, 5.41) is 24.9. The maximum Gasteiger partial charge on any atom is 0.171 e. The van der Waals surface area contributed by atoms with E-state index in [1.54, 1.807) is 29.2 Å². The van der Waals surface area contributed by atoms with Crippen LogP contribution in [0.1, 0.15) is 0 Å². The van der Waals surface area contributed by atoms with E-state index in [0.717, 1.165) is 58.9 Å². The second-order valence-corrected chi connectivity index (χ2v) is 8.28. The molecule has 0 atom stereocenters. The summed E-state index contributed by atoms with van der Waals surface area (Å²) in [5.74, 6) is 0. The topological polar surface area (TPSA) is 107 Å². The minimum Gasteiger partial charge on any atom is -0.378 e. The smallest absolute Gasteiger partial charge is 0.171 e. The number of nitrogens with one attached hydrogen (secondary N) is 3. The highest BCUT2D eigenvalue weighted by molar-refractivity contribution is 8.13. The van der Waals surface area contributed by atoms with E-state index >= 15 is 0 Å². The number of ether oxygens (including phenoxy) is 1.